The van der Waals surface area contributed by atoms with Crippen molar-refractivity contribution in [2.24, 2.45) is 11.7 Å². The number of hydrogen-bond donors (Lipinski definition) is 1. The van der Waals surface area contributed by atoms with E-state index in [0.717, 1.165) is 18.4 Å². The van der Waals surface area contributed by atoms with Crippen LogP contribution < -0.4 is 5.73 Å². The third-order valence-corrected chi connectivity index (χ3v) is 3.93. The fraction of sp³-hybridized carbons (Fsp3) is 0.588. The lowest BCUT2D eigenvalue weighted by Crippen LogP contribution is -2.43. The van der Waals surface area contributed by atoms with E-state index in [0.29, 0.717) is 13.1 Å². The lowest BCUT2D eigenvalue weighted by atomic mass is 9.86. The van der Waals surface area contributed by atoms with Gasteiger partial charge in [-0.25, -0.2) is 9.18 Å². The van der Waals surface area contributed by atoms with Crippen LogP contribution in [0.4, 0.5) is 9.18 Å². The Morgan fingerprint density at radius 2 is 2.00 bits per heavy atom. The lowest BCUT2D eigenvalue weighted by molar-refractivity contribution is 0.0174. The van der Waals surface area contributed by atoms with Crippen LogP contribution in [-0.4, -0.2) is 29.7 Å². The van der Waals surface area contributed by atoms with Gasteiger partial charge < -0.3 is 15.4 Å². The van der Waals surface area contributed by atoms with Crippen LogP contribution in [0, 0.1) is 11.7 Å². The zero-order valence-electron chi connectivity index (χ0n) is 13.5. The zero-order valence-corrected chi connectivity index (χ0v) is 13.5. The van der Waals surface area contributed by atoms with Gasteiger partial charge in [0.25, 0.3) is 0 Å². The van der Waals surface area contributed by atoms with Gasteiger partial charge in [0.2, 0.25) is 0 Å². The first-order valence-corrected chi connectivity index (χ1v) is 7.75. The fourth-order valence-electron chi connectivity index (χ4n) is 2.75. The molecule has 5 heteroatoms. The average molecular weight is 308 g/mol. The highest BCUT2D eigenvalue weighted by molar-refractivity contribution is 5.68. The van der Waals surface area contributed by atoms with Gasteiger partial charge in [-0.1, -0.05) is 12.1 Å². The highest BCUT2D eigenvalue weighted by Gasteiger charge is 2.29. The summed E-state index contributed by atoms with van der Waals surface area (Å²) in [5.41, 5.74) is 6.60. The molecule has 0 bridgehead atoms. The average Bonchev–Trinajstić information content (AvgIpc) is 2.45. The van der Waals surface area contributed by atoms with Crippen LogP contribution in [0.3, 0.4) is 0 Å². The first kappa shape index (κ1) is 16.7. The van der Waals surface area contributed by atoms with E-state index in [1.54, 1.807) is 11.0 Å². The molecule has 0 spiro atoms. The topological polar surface area (TPSA) is 55.6 Å². The Labute approximate surface area is 131 Å². The van der Waals surface area contributed by atoms with Crippen LogP contribution in [0.1, 0.15) is 45.2 Å². The van der Waals surface area contributed by atoms with E-state index < -0.39 is 5.60 Å². The summed E-state index contributed by atoms with van der Waals surface area (Å²) in [7, 11) is 0. The van der Waals surface area contributed by atoms with Crippen molar-refractivity contribution in [2.75, 3.05) is 13.1 Å². The van der Waals surface area contributed by atoms with Crippen molar-refractivity contribution in [3.63, 3.8) is 0 Å². The Morgan fingerprint density at radius 1 is 1.36 bits per heavy atom. The summed E-state index contributed by atoms with van der Waals surface area (Å²) in [4.78, 5) is 13.8. The van der Waals surface area contributed by atoms with E-state index in [2.05, 4.69) is 0 Å². The number of rotatable bonds is 2. The predicted octanol–water partition coefficient (Wildman–Crippen LogP) is 3.47. The van der Waals surface area contributed by atoms with Gasteiger partial charge >= 0.3 is 6.09 Å². The first-order chi connectivity index (χ1) is 10.3. The third kappa shape index (κ3) is 4.44. The molecule has 4 nitrogen and oxygen atoms in total. The molecule has 0 radical (unpaired) electrons. The summed E-state index contributed by atoms with van der Waals surface area (Å²) in [5.74, 6) is -0.0142. The molecular weight excluding hydrogens is 283 g/mol. The molecule has 22 heavy (non-hydrogen) atoms. The molecule has 2 N–H and O–H groups in total. The maximum atomic E-state index is 13.3. The number of carbonyl (C=O) groups excluding carboxylic acids is 1. The van der Waals surface area contributed by atoms with Gasteiger partial charge in [0, 0.05) is 19.1 Å². The monoisotopic (exact) mass is 308 g/mol. The van der Waals surface area contributed by atoms with Gasteiger partial charge in [-0.3, -0.25) is 0 Å². The minimum atomic E-state index is -0.480. The molecule has 1 aromatic rings. The van der Waals surface area contributed by atoms with Gasteiger partial charge in [-0.15, -0.1) is 0 Å². The van der Waals surface area contributed by atoms with Crippen molar-refractivity contribution in [3.8, 4) is 0 Å². The van der Waals surface area contributed by atoms with E-state index >= 15 is 0 Å². The lowest BCUT2D eigenvalue weighted by Gasteiger charge is -2.35. The Balaban J connectivity index is 1.90. The number of piperidine rings is 1. The number of nitrogens with zero attached hydrogens (tertiary/aromatic N) is 1. The smallest absolute Gasteiger partial charge is 0.410 e. The number of ether oxygens (including phenoxy) is 1. The summed E-state index contributed by atoms with van der Waals surface area (Å²) < 4.78 is 18.7. The largest absolute Gasteiger partial charge is 0.444 e. The highest BCUT2D eigenvalue weighted by atomic mass is 19.1. The Bertz CT molecular complexity index is 520. The number of hydrogen-bond acceptors (Lipinski definition) is 3. The van der Waals surface area contributed by atoms with Crippen molar-refractivity contribution < 1.29 is 13.9 Å². The van der Waals surface area contributed by atoms with Crippen molar-refractivity contribution in [1.82, 2.24) is 4.90 Å². The van der Waals surface area contributed by atoms with Crippen LogP contribution >= 0.6 is 0 Å². The molecule has 0 aromatic heterocycles. The maximum Gasteiger partial charge on any atom is 0.410 e. The van der Waals surface area contributed by atoms with Crippen LogP contribution in [-0.2, 0) is 4.74 Å². The summed E-state index contributed by atoms with van der Waals surface area (Å²) in [6, 6.07) is 6.25. The Morgan fingerprint density at radius 3 is 2.55 bits per heavy atom. The molecule has 1 heterocycles. The first-order valence-electron chi connectivity index (χ1n) is 7.75. The highest BCUT2D eigenvalue weighted by Crippen LogP contribution is 2.29. The molecule has 0 saturated carbocycles. The molecule has 0 aliphatic carbocycles. The van der Waals surface area contributed by atoms with E-state index in [9.17, 15) is 9.18 Å². The molecule has 1 aliphatic rings. The predicted molar refractivity (Wildman–Crippen MR) is 83.9 cm³/mol. The molecule has 1 atom stereocenters. The van der Waals surface area contributed by atoms with E-state index in [-0.39, 0.29) is 23.9 Å². The van der Waals surface area contributed by atoms with E-state index in [4.69, 9.17) is 10.5 Å². The number of benzene rings is 1. The summed E-state index contributed by atoms with van der Waals surface area (Å²) in [6.45, 7) is 6.83. The third-order valence-electron chi connectivity index (χ3n) is 3.93. The second-order valence-electron chi connectivity index (χ2n) is 6.89. The van der Waals surface area contributed by atoms with Crippen molar-refractivity contribution in [2.45, 2.75) is 45.3 Å². The molecule has 1 saturated heterocycles. The molecule has 1 aliphatic heterocycles. The molecule has 1 fully saturated rings. The van der Waals surface area contributed by atoms with Gasteiger partial charge in [-0.05, 0) is 57.2 Å². The molecule has 0 unspecified atom stereocenters. The standard InChI is InChI=1S/C17H25FN2O2/c1-17(2,3)22-16(21)20-9-7-12(8-10-20)15(19)13-5-4-6-14(18)11-13/h4-6,11-12,15H,7-10,19H2,1-3H3/t15-/m0/s1. The van der Waals surface area contributed by atoms with Crippen molar-refractivity contribution in [1.29, 1.82) is 0 Å². The summed E-state index contributed by atoms with van der Waals surface area (Å²) in [6.07, 6.45) is 1.33. The molecule has 122 valence electrons. The second kappa shape index (κ2) is 6.65. The van der Waals surface area contributed by atoms with Gasteiger partial charge in [-0.2, -0.15) is 0 Å². The molecule has 1 amide bonds. The van der Waals surface area contributed by atoms with E-state index in [1.807, 2.05) is 26.8 Å². The minimum absolute atomic E-state index is 0.198. The minimum Gasteiger partial charge on any atom is -0.444 e. The number of likely N-dealkylation sites (tertiary alicyclic amines) is 1. The normalized spacial score (nSPS) is 18.1. The van der Waals surface area contributed by atoms with E-state index in [1.165, 1.54) is 12.1 Å². The van der Waals surface area contributed by atoms with Gasteiger partial charge in [0.1, 0.15) is 11.4 Å². The maximum absolute atomic E-state index is 13.3. The van der Waals surface area contributed by atoms with Crippen molar-refractivity contribution >= 4 is 6.09 Å². The van der Waals surface area contributed by atoms with Crippen LogP contribution in [0.15, 0.2) is 24.3 Å². The van der Waals surface area contributed by atoms with Crippen LogP contribution in [0.2, 0.25) is 0 Å². The number of nitrogens with two attached hydrogens (primary N) is 1. The quantitative estimate of drug-likeness (QED) is 0.910. The molecule has 1 aromatic carbocycles. The van der Waals surface area contributed by atoms with Crippen LogP contribution in [0.25, 0.3) is 0 Å². The SMILES string of the molecule is CC(C)(C)OC(=O)N1CCC([C@H](N)c2cccc(F)c2)CC1. The van der Waals surface area contributed by atoms with Crippen LogP contribution in [0.5, 0.6) is 0 Å². The fourth-order valence-corrected chi connectivity index (χ4v) is 2.75. The van der Waals surface area contributed by atoms with Gasteiger partial charge in [0.05, 0.1) is 0 Å². The molecule has 2 rings (SSSR count). The second-order valence-corrected chi connectivity index (χ2v) is 6.89. The summed E-state index contributed by atoms with van der Waals surface area (Å²) >= 11 is 0. The Kier molecular flexibility index (Phi) is 5.06. The van der Waals surface area contributed by atoms with Gasteiger partial charge in [0.15, 0.2) is 0 Å². The number of halogens is 1. The molecular formula is C17H25FN2O2. The Hall–Kier alpha value is -1.62. The number of amides is 1. The zero-order chi connectivity index (χ0) is 16.3. The summed E-state index contributed by atoms with van der Waals surface area (Å²) in [5, 5.41) is 0. The number of carbonyl (C=O) groups is 1. The van der Waals surface area contributed by atoms with Crippen molar-refractivity contribution in [3.05, 3.63) is 35.6 Å².